The van der Waals surface area contributed by atoms with Crippen LogP contribution in [0.3, 0.4) is 0 Å². The van der Waals surface area contributed by atoms with Crippen molar-refractivity contribution < 1.29 is 24.5 Å². The number of carbonyl (C=O) groups excluding carboxylic acids is 2. The lowest BCUT2D eigenvalue weighted by molar-refractivity contribution is -0.143. The predicted octanol–water partition coefficient (Wildman–Crippen LogP) is 16.0. The standard InChI is InChI=1S/C53H105NO5/c1-3-5-7-9-11-13-15-16-17-18-19-20-21-22-26-29-33-37-41-45-51(56)50(49-55)54-52(57)46-42-38-34-30-27-23-24-28-32-36-40-44-48-59-53(58)47-43-39-35-31-25-14-12-10-8-6-4-2/h50-51,55-56H,3-49H2,1-2H3,(H,54,57). The van der Waals surface area contributed by atoms with Gasteiger partial charge in [0.15, 0.2) is 0 Å². The minimum absolute atomic E-state index is 0.00852. The van der Waals surface area contributed by atoms with Crippen molar-refractivity contribution >= 4 is 11.9 Å². The number of hydrogen-bond donors (Lipinski definition) is 3. The molecule has 0 radical (unpaired) electrons. The number of aliphatic hydroxyl groups is 2. The van der Waals surface area contributed by atoms with Gasteiger partial charge in [0.1, 0.15) is 0 Å². The lowest BCUT2D eigenvalue weighted by atomic mass is 10.0. The molecule has 59 heavy (non-hydrogen) atoms. The Morgan fingerprint density at radius 2 is 0.695 bits per heavy atom. The van der Waals surface area contributed by atoms with E-state index in [1.165, 1.54) is 212 Å². The Morgan fingerprint density at radius 3 is 1.03 bits per heavy atom. The maximum Gasteiger partial charge on any atom is 0.305 e. The van der Waals surface area contributed by atoms with E-state index in [4.69, 9.17) is 4.74 Å². The first-order valence-electron chi connectivity index (χ1n) is 26.8. The number of ether oxygens (including phenoxy) is 1. The van der Waals surface area contributed by atoms with Crippen molar-refractivity contribution in [3.05, 3.63) is 0 Å². The quantitative estimate of drug-likeness (QED) is 0.0419. The van der Waals surface area contributed by atoms with Crippen LogP contribution in [0.1, 0.15) is 303 Å². The average Bonchev–Trinajstić information content (AvgIpc) is 3.24. The first-order chi connectivity index (χ1) is 29.0. The Hall–Kier alpha value is -1.14. The van der Waals surface area contributed by atoms with E-state index in [-0.39, 0.29) is 18.5 Å². The lowest BCUT2D eigenvalue weighted by Crippen LogP contribution is -2.45. The molecule has 6 heteroatoms. The van der Waals surface area contributed by atoms with Gasteiger partial charge in [-0.15, -0.1) is 0 Å². The molecule has 2 unspecified atom stereocenters. The van der Waals surface area contributed by atoms with E-state index in [0.717, 1.165) is 57.8 Å². The minimum Gasteiger partial charge on any atom is -0.466 e. The highest BCUT2D eigenvalue weighted by Gasteiger charge is 2.20. The maximum absolute atomic E-state index is 12.5. The maximum atomic E-state index is 12.5. The third-order valence-corrected chi connectivity index (χ3v) is 12.7. The third-order valence-electron chi connectivity index (χ3n) is 12.7. The number of amides is 1. The highest BCUT2D eigenvalue weighted by atomic mass is 16.5. The molecule has 0 saturated heterocycles. The molecule has 0 aliphatic heterocycles. The van der Waals surface area contributed by atoms with Crippen molar-refractivity contribution in [2.75, 3.05) is 13.2 Å². The van der Waals surface area contributed by atoms with E-state index in [0.29, 0.717) is 25.9 Å². The Balaban J connectivity index is 3.45. The first-order valence-corrected chi connectivity index (χ1v) is 26.8. The van der Waals surface area contributed by atoms with E-state index in [1.54, 1.807) is 0 Å². The molecule has 0 bridgehead atoms. The molecule has 0 aliphatic carbocycles. The Labute approximate surface area is 368 Å². The summed E-state index contributed by atoms with van der Waals surface area (Å²) in [5, 5.41) is 23.3. The van der Waals surface area contributed by atoms with Crippen molar-refractivity contribution in [2.45, 2.75) is 315 Å². The number of rotatable bonds is 50. The Morgan fingerprint density at radius 1 is 0.407 bits per heavy atom. The van der Waals surface area contributed by atoms with Crippen LogP contribution < -0.4 is 5.32 Å². The zero-order valence-corrected chi connectivity index (χ0v) is 40.0. The van der Waals surface area contributed by atoms with Gasteiger partial charge < -0.3 is 20.3 Å². The van der Waals surface area contributed by atoms with E-state index < -0.39 is 12.1 Å². The van der Waals surface area contributed by atoms with Gasteiger partial charge in [0, 0.05) is 12.8 Å². The van der Waals surface area contributed by atoms with E-state index >= 15 is 0 Å². The van der Waals surface area contributed by atoms with Gasteiger partial charge in [-0.2, -0.15) is 0 Å². The van der Waals surface area contributed by atoms with Crippen LogP contribution in [0.25, 0.3) is 0 Å². The molecule has 2 atom stereocenters. The van der Waals surface area contributed by atoms with Crippen molar-refractivity contribution in [3.8, 4) is 0 Å². The smallest absolute Gasteiger partial charge is 0.305 e. The van der Waals surface area contributed by atoms with E-state index in [9.17, 15) is 19.8 Å². The number of aliphatic hydroxyl groups excluding tert-OH is 2. The zero-order valence-electron chi connectivity index (χ0n) is 40.0. The molecule has 3 N–H and O–H groups in total. The van der Waals surface area contributed by atoms with Gasteiger partial charge in [-0.3, -0.25) is 9.59 Å². The first kappa shape index (κ1) is 57.9. The molecular weight excluding hydrogens is 731 g/mol. The average molecular weight is 836 g/mol. The molecule has 0 aromatic rings. The van der Waals surface area contributed by atoms with Crippen LogP contribution in [0.5, 0.6) is 0 Å². The fraction of sp³-hybridized carbons (Fsp3) is 0.962. The topological polar surface area (TPSA) is 95.9 Å². The summed E-state index contributed by atoms with van der Waals surface area (Å²) < 4.78 is 5.45. The van der Waals surface area contributed by atoms with Crippen LogP contribution in [0.4, 0.5) is 0 Å². The largest absolute Gasteiger partial charge is 0.466 e. The molecule has 6 nitrogen and oxygen atoms in total. The van der Waals surface area contributed by atoms with Crippen LogP contribution in [-0.4, -0.2) is 47.4 Å². The van der Waals surface area contributed by atoms with Gasteiger partial charge in [-0.05, 0) is 25.7 Å². The second kappa shape index (κ2) is 49.5. The van der Waals surface area contributed by atoms with Gasteiger partial charge in [0.05, 0.1) is 25.4 Å². The summed E-state index contributed by atoms with van der Waals surface area (Å²) >= 11 is 0. The highest BCUT2D eigenvalue weighted by molar-refractivity contribution is 5.76. The van der Waals surface area contributed by atoms with E-state index in [1.807, 2.05) is 0 Å². The monoisotopic (exact) mass is 836 g/mol. The van der Waals surface area contributed by atoms with Crippen molar-refractivity contribution in [1.29, 1.82) is 0 Å². The summed E-state index contributed by atoms with van der Waals surface area (Å²) in [6, 6.07) is -0.551. The summed E-state index contributed by atoms with van der Waals surface area (Å²) in [6.45, 7) is 4.93. The molecule has 0 rings (SSSR count). The van der Waals surface area contributed by atoms with Crippen LogP contribution in [0.2, 0.25) is 0 Å². The summed E-state index contributed by atoms with van der Waals surface area (Å²) in [7, 11) is 0. The molecule has 0 aliphatic rings. The molecule has 0 spiro atoms. The van der Waals surface area contributed by atoms with Crippen LogP contribution >= 0.6 is 0 Å². The SMILES string of the molecule is CCCCCCCCCCCCCCCCCCCCCC(O)C(CO)NC(=O)CCCCCCCCCCCCCCOC(=O)CCCCCCCCCCCCC. The number of carbonyl (C=O) groups is 2. The van der Waals surface area contributed by atoms with E-state index in [2.05, 4.69) is 19.2 Å². The summed E-state index contributed by atoms with van der Waals surface area (Å²) in [4.78, 5) is 24.5. The molecule has 0 aromatic carbocycles. The molecule has 0 saturated carbocycles. The number of nitrogens with one attached hydrogen (secondary N) is 1. The summed E-state index contributed by atoms with van der Waals surface area (Å²) in [5.74, 6) is -0.0557. The third kappa shape index (κ3) is 46.2. The molecule has 0 fully saturated rings. The fourth-order valence-corrected chi connectivity index (χ4v) is 8.52. The van der Waals surface area contributed by atoms with Gasteiger partial charge in [0.25, 0.3) is 0 Å². The summed E-state index contributed by atoms with van der Waals surface area (Å²) in [5.41, 5.74) is 0. The second-order valence-electron chi connectivity index (χ2n) is 18.6. The van der Waals surface area contributed by atoms with Crippen molar-refractivity contribution in [3.63, 3.8) is 0 Å². The van der Waals surface area contributed by atoms with Crippen molar-refractivity contribution in [2.24, 2.45) is 0 Å². The van der Waals surface area contributed by atoms with Gasteiger partial charge in [0.2, 0.25) is 5.91 Å². The predicted molar refractivity (Wildman–Crippen MR) is 255 cm³/mol. The molecule has 1 amide bonds. The fourth-order valence-electron chi connectivity index (χ4n) is 8.52. The highest BCUT2D eigenvalue weighted by Crippen LogP contribution is 2.17. The molecular formula is C53H105NO5. The van der Waals surface area contributed by atoms with Crippen LogP contribution in [0.15, 0.2) is 0 Å². The van der Waals surface area contributed by atoms with Gasteiger partial charge in [-0.1, -0.05) is 264 Å². The molecule has 0 heterocycles. The zero-order chi connectivity index (χ0) is 43.0. The minimum atomic E-state index is -0.673. The Kier molecular flexibility index (Phi) is 48.6. The normalized spacial score (nSPS) is 12.5. The summed E-state index contributed by atoms with van der Waals surface area (Å²) in [6.07, 6.45) is 55.0. The second-order valence-corrected chi connectivity index (χ2v) is 18.6. The van der Waals surface area contributed by atoms with Crippen molar-refractivity contribution in [1.82, 2.24) is 5.32 Å². The van der Waals surface area contributed by atoms with Crippen LogP contribution in [-0.2, 0) is 14.3 Å². The van der Waals surface area contributed by atoms with Gasteiger partial charge in [-0.25, -0.2) is 0 Å². The molecule has 352 valence electrons. The number of esters is 1. The lowest BCUT2D eigenvalue weighted by Gasteiger charge is -2.22. The molecule has 0 aromatic heterocycles. The Bertz CT molecular complexity index is 837. The van der Waals surface area contributed by atoms with Crippen LogP contribution in [0, 0.1) is 0 Å². The number of hydrogen-bond acceptors (Lipinski definition) is 5. The van der Waals surface area contributed by atoms with Gasteiger partial charge >= 0.3 is 5.97 Å². The number of unbranched alkanes of at least 4 members (excludes halogenated alkanes) is 39.